The summed E-state index contributed by atoms with van der Waals surface area (Å²) in [6, 6.07) is 4.60. The lowest BCUT2D eigenvalue weighted by Crippen LogP contribution is -2.47. The Hall–Kier alpha value is -2.09. The van der Waals surface area contributed by atoms with E-state index in [1.165, 1.54) is 38.3 Å². The average molecular weight is 335 g/mol. The molecule has 1 aliphatic heterocycles. The van der Waals surface area contributed by atoms with Crippen molar-refractivity contribution in [3.05, 3.63) is 62.8 Å². The van der Waals surface area contributed by atoms with E-state index in [-0.39, 0.29) is 5.54 Å². The molecule has 0 aliphatic carbocycles. The van der Waals surface area contributed by atoms with E-state index in [4.69, 9.17) is 0 Å². The molecule has 1 unspecified atom stereocenters. The summed E-state index contributed by atoms with van der Waals surface area (Å²) in [5, 5.41) is 2.57. The van der Waals surface area contributed by atoms with E-state index in [0.29, 0.717) is 5.92 Å². The first-order valence-corrected chi connectivity index (χ1v) is 9.21. The molecule has 0 N–H and O–H groups in total. The smallest absolute Gasteiger partial charge is 0.0812 e. The maximum Gasteiger partial charge on any atom is 0.0812 e. The van der Waals surface area contributed by atoms with E-state index >= 15 is 0 Å². The standard InChI is InChI=1S/C23H30N2/c1-15(2)8-19-12-24-13-20-11-23(6,25(7)14-21(19)20)22-10-16(3)9-17(4)18(22)5/h9-15H,8H2,1-7H3. The molecule has 2 heteroatoms. The van der Waals surface area contributed by atoms with Gasteiger partial charge in [-0.3, -0.25) is 4.98 Å². The molecule has 0 fully saturated rings. The zero-order valence-electron chi connectivity index (χ0n) is 16.6. The number of fused-ring (bicyclic) bond motifs is 1. The largest absolute Gasteiger partial charge is 0.367 e. The fraction of sp³-hybridized carbons (Fsp3) is 0.435. The summed E-state index contributed by atoms with van der Waals surface area (Å²) in [6.45, 7) is 13.5. The van der Waals surface area contributed by atoms with Gasteiger partial charge >= 0.3 is 0 Å². The van der Waals surface area contributed by atoms with Gasteiger partial charge in [0.2, 0.25) is 0 Å². The van der Waals surface area contributed by atoms with E-state index in [1.54, 1.807) is 0 Å². The van der Waals surface area contributed by atoms with Crippen LogP contribution in [0.2, 0.25) is 0 Å². The van der Waals surface area contributed by atoms with Gasteiger partial charge < -0.3 is 4.90 Å². The van der Waals surface area contributed by atoms with Crippen LogP contribution in [0.5, 0.6) is 0 Å². The lowest BCUT2D eigenvalue weighted by molar-refractivity contribution is 0.308. The van der Waals surface area contributed by atoms with Crippen LogP contribution >= 0.6 is 0 Å². The molecule has 1 aromatic carbocycles. The minimum absolute atomic E-state index is 0.161. The Labute approximate surface area is 151 Å². The third-order valence-electron chi connectivity index (χ3n) is 5.58. The Morgan fingerprint density at radius 3 is 2.52 bits per heavy atom. The molecule has 0 bridgehead atoms. The van der Waals surface area contributed by atoms with Gasteiger partial charge in [0.15, 0.2) is 0 Å². The predicted octanol–water partition coefficient (Wildman–Crippen LogP) is 3.58. The first kappa shape index (κ1) is 17.7. The van der Waals surface area contributed by atoms with Crippen LogP contribution in [0.4, 0.5) is 0 Å². The van der Waals surface area contributed by atoms with Crippen LogP contribution in [0.15, 0.2) is 24.5 Å². The molecule has 0 saturated carbocycles. The summed E-state index contributed by atoms with van der Waals surface area (Å²) in [5.74, 6) is 0.627. The van der Waals surface area contributed by atoms with Gasteiger partial charge in [-0.25, -0.2) is 0 Å². The lowest BCUT2D eigenvalue weighted by Gasteiger charge is -2.40. The number of pyridine rings is 1. The summed E-state index contributed by atoms with van der Waals surface area (Å²) in [7, 11) is 2.19. The Morgan fingerprint density at radius 2 is 1.84 bits per heavy atom. The highest BCUT2D eigenvalue weighted by Gasteiger charge is 2.31. The topological polar surface area (TPSA) is 16.1 Å². The Bertz CT molecular complexity index is 924. The number of nitrogens with zero attached hydrogens (tertiary/aromatic N) is 2. The Morgan fingerprint density at radius 1 is 1.12 bits per heavy atom. The molecule has 3 rings (SSSR count). The SMILES string of the molecule is Cc1cc(C)c(C)c(C2(C)C=c3cncc(CC(C)C)c3=CN2C)c1. The summed E-state index contributed by atoms with van der Waals surface area (Å²) in [6.07, 6.45) is 9.81. The van der Waals surface area contributed by atoms with Crippen LogP contribution in [-0.2, 0) is 12.0 Å². The van der Waals surface area contributed by atoms with Gasteiger partial charge in [0.25, 0.3) is 0 Å². The molecular weight excluding hydrogens is 304 g/mol. The van der Waals surface area contributed by atoms with Gasteiger partial charge in [-0.15, -0.1) is 0 Å². The highest BCUT2D eigenvalue weighted by molar-refractivity contribution is 5.56. The summed E-state index contributed by atoms with van der Waals surface area (Å²) < 4.78 is 0. The van der Waals surface area contributed by atoms with Crippen molar-refractivity contribution >= 4 is 12.3 Å². The lowest BCUT2D eigenvalue weighted by atomic mass is 9.82. The summed E-state index contributed by atoms with van der Waals surface area (Å²) in [4.78, 5) is 6.88. The minimum Gasteiger partial charge on any atom is -0.367 e. The quantitative estimate of drug-likeness (QED) is 0.853. The molecule has 2 aromatic rings. The van der Waals surface area contributed by atoms with E-state index in [1.807, 2.05) is 12.4 Å². The molecule has 0 spiro atoms. The highest BCUT2D eigenvalue weighted by Crippen LogP contribution is 2.34. The molecule has 1 aromatic heterocycles. The first-order valence-electron chi connectivity index (χ1n) is 9.21. The number of aromatic nitrogens is 1. The maximum absolute atomic E-state index is 4.52. The van der Waals surface area contributed by atoms with Gasteiger partial charge in [0, 0.05) is 36.1 Å². The molecule has 0 amide bonds. The van der Waals surface area contributed by atoms with Crippen LogP contribution in [-0.4, -0.2) is 16.9 Å². The number of hydrogen-bond acceptors (Lipinski definition) is 2. The molecule has 25 heavy (non-hydrogen) atoms. The second kappa shape index (κ2) is 6.33. The van der Waals surface area contributed by atoms with Crippen molar-refractivity contribution in [3.8, 4) is 0 Å². The van der Waals surface area contributed by atoms with Gasteiger partial charge in [-0.2, -0.15) is 0 Å². The monoisotopic (exact) mass is 334 g/mol. The molecule has 2 nitrogen and oxygen atoms in total. The van der Waals surface area contributed by atoms with Crippen molar-refractivity contribution < 1.29 is 0 Å². The number of rotatable bonds is 3. The summed E-state index contributed by atoms with van der Waals surface area (Å²) >= 11 is 0. The molecule has 1 aliphatic rings. The third kappa shape index (κ3) is 3.10. The molecule has 2 heterocycles. The fourth-order valence-electron chi connectivity index (χ4n) is 3.97. The van der Waals surface area contributed by atoms with Crippen LogP contribution in [0, 0.1) is 26.7 Å². The van der Waals surface area contributed by atoms with E-state index in [9.17, 15) is 0 Å². The zero-order chi connectivity index (χ0) is 18.4. The van der Waals surface area contributed by atoms with Crippen molar-refractivity contribution in [2.75, 3.05) is 7.05 Å². The highest BCUT2D eigenvalue weighted by atomic mass is 15.2. The predicted molar refractivity (Wildman–Crippen MR) is 107 cm³/mol. The normalized spacial score (nSPS) is 19.4. The number of hydrogen-bond donors (Lipinski definition) is 0. The summed E-state index contributed by atoms with van der Waals surface area (Å²) in [5.41, 5.74) is 6.61. The van der Waals surface area contributed by atoms with Crippen LogP contribution in [0.1, 0.15) is 48.6 Å². The number of benzene rings is 1. The maximum atomic E-state index is 4.52. The van der Waals surface area contributed by atoms with Gasteiger partial charge in [-0.1, -0.05) is 31.5 Å². The van der Waals surface area contributed by atoms with Crippen molar-refractivity contribution in [2.45, 2.75) is 53.5 Å². The first-order chi connectivity index (χ1) is 11.7. The molecule has 0 radical (unpaired) electrons. The van der Waals surface area contributed by atoms with Crippen molar-refractivity contribution in [3.63, 3.8) is 0 Å². The van der Waals surface area contributed by atoms with Crippen molar-refractivity contribution in [2.24, 2.45) is 5.92 Å². The van der Waals surface area contributed by atoms with Crippen molar-refractivity contribution in [1.29, 1.82) is 0 Å². The zero-order valence-corrected chi connectivity index (χ0v) is 16.6. The third-order valence-corrected chi connectivity index (χ3v) is 5.58. The molecule has 1 atom stereocenters. The van der Waals surface area contributed by atoms with E-state index in [0.717, 1.165) is 6.42 Å². The van der Waals surface area contributed by atoms with Gasteiger partial charge in [-0.05, 0) is 68.4 Å². The Kier molecular flexibility index (Phi) is 4.49. The van der Waals surface area contributed by atoms with E-state index in [2.05, 4.69) is 82.9 Å². The van der Waals surface area contributed by atoms with Crippen LogP contribution in [0.3, 0.4) is 0 Å². The number of aryl methyl sites for hydroxylation is 2. The molecule has 132 valence electrons. The second-order valence-corrected chi connectivity index (χ2v) is 8.19. The Balaban J connectivity index is 2.23. The molecular formula is C23H30N2. The van der Waals surface area contributed by atoms with Crippen molar-refractivity contribution in [1.82, 2.24) is 9.88 Å². The molecule has 0 saturated heterocycles. The van der Waals surface area contributed by atoms with Crippen LogP contribution in [0.25, 0.3) is 12.3 Å². The minimum atomic E-state index is -0.161. The average Bonchev–Trinajstić information content (AvgIpc) is 2.52. The van der Waals surface area contributed by atoms with Crippen LogP contribution < -0.4 is 10.4 Å². The fourth-order valence-corrected chi connectivity index (χ4v) is 3.97. The second-order valence-electron chi connectivity index (χ2n) is 8.19. The van der Waals surface area contributed by atoms with Gasteiger partial charge in [0.1, 0.15) is 0 Å². The van der Waals surface area contributed by atoms with E-state index < -0.39 is 0 Å². The van der Waals surface area contributed by atoms with Gasteiger partial charge in [0.05, 0.1) is 5.54 Å².